The predicted molar refractivity (Wildman–Crippen MR) is 102 cm³/mol. The molecule has 1 aromatic heterocycles. The highest BCUT2D eigenvalue weighted by Crippen LogP contribution is 2.35. The fourth-order valence-electron chi connectivity index (χ4n) is 3.16. The summed E-state index contributed by atoms with van der Waals surface area (Å²) in [4.78, 5) is 25.3. The van der Waals surface area contributed by atoms with Crippen LogP contribution in [0.2, 0.25) is 0 Å². The Labute approximate surface area is 163 Å². The number of hydrogen-bond donors (Lipinski definition) is 1. The Balaban J connectivity index is 1.74. The Morgan fingerprint density at radius 1 is 1.31 bits per heavy atom. The third-order valence-electron chi connectivity index (χ3n) is 4.38. The summed E-state index contributed by atoms with van der Waals surface area (Å²) in [6.45, 7) is 0. The summed E-state index contributed by atoms with van der Waals surface area (Å²) >= 11 is 4.70. The van der Waals surface area contributed by atoms with Gasteiger partial charge in [0.2, 0.25) is 0 Å². The van der Waals surface area contributed by atoms with Crippen molar-refractivity contribution >= 4 is 39.1 Å². The van der Waals surface area contributed by atoms with E-state index >= 15 is 0 Å². The van der Waals surface area contributed by atoms with Crippen LogP contribution in [0.4, 0.5) is 4.39 Å². The second-order valence-electron chi connectivity index (χ2n) is 5.98. The summed E-state index contributed by atoms with van der Waals surface area (Å²) in [5, 5.41) is 4.77. The summed E-state index contributed by atoms with van der Waals surface area (Å²) in [6.07, 6.45) is 4.20. The first kappa shape index (κ1) is 18.8. The molecule has 1 N–H and O–H groups in total. The number of methoxy groups -OCH3 is 1. The van der Waals surface area contributed by atoms with E-state index in [2.05, 4.69) is 21.2 Å². The van der Waals surface area contributed by atoms with Gasteiger partial charge in [0.05, 0.1) is 13.0 Å². The van der Waals surface area contributed by atoms with Crippen LogP contribution < -0.4 is 5.32 Å². The first-order valence-corrected chi connectivity index (χ1v) is 9.73. The Bertz CT molecular complexity index is 851. The van der Waals surface area contributed by atoms with Gasteiger partial charge in [0, 0.05) is 16.1 Å². The summed E-state index contributed by atoms with van der Waals surface area (Å²) in [5.41, 5.74) is 0.307. The minimum Gasteiger partial charge on any atom is -0.469 e. The molecule has 1 amide bonds. The number of hydrogen-bond acceptors (Lipinski definition) is 4. The molecule has 7 heteroatoms. The predicted octanol–water partition coefficient (Wildman–Crippen LogP) is 4.28. The minimum atomic E-state index is -0.743. The van der Waals surface area contributed by atoms with Crippen molar-refractivity contribution in [3.63, 3.8) is 0 Å². The van der Waals surface area contributed by atoms with E-state index in [1.165, 1.54) is 24.5 Å². The van der Waals surface area contributed by atoms with Gasteiger partial charge in [0.15, 0.2) is 0 Å². The smallest absolute Gasteiger partial charge is 0.313 e. The lowest BCUT2D eigenvalue weighted by molar-refractivity contribution is -0.143. The van der Waals surface area contributed by atoms with Gasteiger partial charge >= 0.3 is 5.97 Å². The monoisotopic (exact) mass is 437 g/mol. The van der Waals surface area contributed by atoms with Gasteiger partial charge in [-0.15, -0.1) is 11.3 Å². The molecular formula is C19H17BrFNO3S. The van der Waals surface area contributed by atoms with Crippen LogP contribution in [0.25, 0.3) is 0 Å². The topological polar surface area (TPSA) is 55.4 Å². The molecule has 0 spiro atoms. The highest BCUT2D eigenvalue weighted by atomic mass is 79.9. The molecule has 0 fully saturated rings. The molecule has 26 heavy (non-hydrogen) atoms. The van der Waals surface area contributed by atoms with Crippen molar-refractivity contribution < 1.29 is 18.7 Å². The number of ether oxygens (including phenoxy) is 1. The van der Waals surface area contributed by atoms with Gasteiger partial charge in [-0.05, 0) is 45.8 Å². The first-order valence-electron chi connectivity index (χ1n) is 8.05. The number of rotatable bonds is 5. The van der Waals surface area contributed by atoms with Crippen LogP contribution in [0, 0.1) is 11.7 Å². The number of amides is 1. The summed E-state index contributed by atoms with van der Waals surface area (Å²) < 4.78 is 19.9. The lowest BCUT2D eigenvalue weighted by Crippen LogP contribution is -2.33. The molecule has 3 rings (SSSR count). The zero-order chi connectivity index (χ0) is 18.7. The Hall–Kier alpha value is -1.99. The molecule has 0 bridgehead atoms. The molecule has 0 radical (unpaired) electrons. The molecule has 0 saturated carbocycles. The maximum absolute atomic E-state index is 14.2. The van der Waals surface area contributed by atoms with E-state index in [9.17, 15) is 14.0 Å². The van der Waals surface area contributed by atoms with Gasteiger partial charge < -0.3 is 10.1 Å². The van der Waals surface area contributed by atoms with Crippen molar-refractivity contribution in [2.45, 2.75) is 18.4 Å². The number of benzene rings is 1. The van der Waals surface area contributed by atoms with E-state index in [0.29, 0.717) is 16.9 Å². The third-order valence-corrected chi connectivity index (χ3v) is 6.22. The van der Waals surface area contributed by atoms with Gasteiger partial charge in [-0.2, -0.15) is 0 Å². The molecular weight excluding hydrogens is 421 g/mol. The number of allylic oxidation sites excluding steroid dienone is 1. The molecule has 1 aromatic carbocycles. The van der Waals surface area contributed by atoms with E-state index in [1.807, 2.05) is 23.6 Å². The highest BCUT2D eigenvalue weighted by Gasteiger charge is 2.35. The van der Waals surface area contributed by atoms with Gasteiger partial charge in [0.1, 0.15) is 10.7 Å². The van der Waals surface area contributed by atoms with Crippen LogP contribution in [-0.4, -0.2) is 25.0 Å². The number of thiophene rings is 1. The standard InChI is InChI=1S/C19H17BrFNO3S/c1-25-19(24)16(13-4-2-3-5-15(13)21)11-6-7-12(10-11)22-18(23)17-14(20)8-9-26-17/h2-9,11-12,16H,10H2,1H3,(H,22,23)/t11-,12-,16+/m1/s1. The molecule has 3 atom stereocenters. The largest absolute Gasteiger partial charge is 0.469 e. The van der Waals surface area contributed by atoms with Crippen LogP contribution in [-0.2, 0) is 9.53 Å². The summed E-state index contributed by atoms with van der Waals surface area (Å²) in [7, 11) is 1.29. The van der Waals surface area contributed by atoms with E-state index < -0.39 is 17.7 Å². The average Bonchev–Trinajstić information content (AvgIpc) is 3.25. The van der Waals surface area contributed by atoms with Gasteiger partial charge in [0.25, 0.3) is 5.91 Å². The molecule has 2 aromatic rings. The van der Waals surface area contributed by atoms with Crippen LogP contribution in [0.5, 0.6) is 0 Å². The molecule has 0 aliphatic heterocycles. The molecule has 0 saturated heterocycles. The Morgan fingerprint density at radius 3 is 2.73 bits per heavy atom. The second-order valence-corrected chi connectivity index (χ2v) is 7.75. The molecule has 136 valence electrons. The van der Waals surface area contributed by atoms with Crippen molar-refractivity contribution in [3.05, 3.63) is 68.6 Å². The van der Waals surface area contributed by atoms with E-state index in [-0.39, 0.29) is 17.9 Å². The van der Waals surface area contributed by atoms with Crippen LogP contribution >= 0.6 is 27.3 Å². The Morgan fingerprint density at radius 2 is 2.08 bits per heavy atom. The van der Waals surface area contributed by atoms with E-state index in [0.717, 1.165) is 4.47 Å². The number of esters is 1. The van der Waals surface area contributed by atoms with Gasteiger partial charge in [-0.3, -0.25) is 9.59 Å². The highest BCUT2D eigenvalue weighted by molar-refractivity contribution is 9.10. The Kier molecular flexibility index (Phi) is 5.88. The summed E-state index contributed by atoms with van der Waals surface area (Å²) in [5.74, 6) is -2.10. The van der Waals surface area contributed by atoms with Crippen molar-refractivity contribution in [2.24, 2.45) is 5.92 Å². The maximum atomic E-state index is 14.2. The van der Waals surface area contributed by atoms with Crippen molar-refractivity contribution in [2.75, 3.05) is 7.11 Å². The second kappa shape index (κ2) is 8.14. The van der Waals surface area contributed by atoms with Crippen molar-refractivity contribution in [1.29, 1.82) is 0 Å². The van der Waals surface area contributed by atoms with Crippen LogP contribution in [0.1, 0.15) is 27.6 Å². The number of nitrogens with one attached hydrogen (secondary N) is 1. The van der Waals surface area contributed by atoms with Crippen LogP contribution in [0.15, 0.2) is 52.3 Å². The summed E-state index contributed by atoms with van der Waals surface area (Å²) in [6, 6.07) is 7.80. The van der Waals surface area contributed by atoms with E-state index in [4.69, 9.17) is 4.74 Å². The minimum absolute atomic E-state index is 0.178. The van der Waals surface area contributed by atoms with E-state index in [1.54, 1.807) is 18.2 Å². The fraction of sp³-hybridized carbons (Fsp3) is 0.263. The maximum Gasteiger partial charge on any atom is 0.313 e. The normalized spacial score (nSPS) is 20.0. The zero-order valence-electron chi connectivity index (χ0n) is 13.9. The molecule has 1 heterocycles. The lowest BCUT2D eigenvalue weighted by atomic mass is 9.85. The third kappa shape index (κ3) is 3.88. The number of carbonyl (C=O) groups is 2. The molecule has 0 unspecified atom stereocenters. The zero-order valence-corrected chi connectivity index (χ0v) is 16.3. The van der Waals surface area contributed by atoms with Crippen molar-refractivity contribution in [3.8, 4) is 0 Å². The quantitative estimate of drug-likeness (QED) is 0.560. The fourth-order valence-corrected chi connectivity index (χ4v) is 4.61. The molecule has 4 nitrogen and oxygen atoms in total. The number of halogens is 2. The van der Waals surface area contributed by atoms with Gasteiger partial charge in [-0.25, -0.2) is 4.39 Å². The lowest BCUT2D eigenvalue weighted by Gasteiger charge is -2.22. The van der Waals surface area contributed by atoms with Gasteiger partial charge in [-0.1, -0.05) is 30.4 Å². The average molecular weight is 438 g/mol. The van der Waals surface area contributed by atoms with Crippen molar-refractivity contribution in [1.82, 2.24) is 5.32 Å². The van der Waals surface area contributed by atoms with Crippen LogP contribution in [0.3, 0.4) is 0 Å². The molecule has 1 aliphatic carbocycles. The number of carbonyl (C=O) groups excluding carboxylic acids is 2. The molecule has 1 aliphatic rings. The first-order chi connectivity index (χ1) is 12.5. The SMILES string of the molecule is COC(=O)[C@H](c1ccccc1F)[C@@H]1C=C[C@@H](NC(=O)c2sccc2Br)C1.